The summed E-state index contributed by atoms with van der Waals surface area (Å²) in [5.41, 5.74) is 4.60. The summed E-state index contributed by atoms with van der Waals surface area (Å²) in [6.45, 7) is 9.50. The zero-order valence-corrected chi connectivity index (χ0v) is 37.5. The molecule has 8 rings (SSSR count). The first-order valence-electron chi connectivity index (χ1n) is 21.8. The molecule has 3 aromatic carbocycles. The highest BCUT2D eigenvalue weighted by Gasteiger charge is 2.33. The zero-order valence-electron chi connectivity index (χ0n) is 35.8. The molecule has 14 nitrogen and oxygen atoms in total. The summed E-state index contributed by atoms with van der Waals surface area (Å²) in [5.74, 6) is 1.12. The molecular weight excluding hydrogens is 825 g/mol. The number of methoxy groups -OCH3 is 1. The van der Waals surface area contributed by atoms with Gasteiger partial charge in [-0.1, -0.05) is 35.9 Å². The Morgan fingerprint density at radius 2 is 1.56 bits per heavy atom. The average molecular weight is 882 g/mol. The first-order valence-corrected chi connectivity index (χ1v) is 24.7. The Bertz CT molecular complexity index is 2290. The third-order valence-electron chi connectivity index (χ3n) is 12.8. The molecule has 1 unspecified atom stereocenters. The van der Waals surface area contributed by atoms with Gasteiger partial charge in [0.25, 0.3) is 0 Å². The summed E-state index contributed by atoms with van der Waals surface area (Å²) in [7, 11) is -0.901. The number of amides is 3. The van der Waals surface area contributed by atoms with Crippen LogP contribution in [-0.2, 0) is 18.9 Å². The summed E-state index contributed by atoms with van der Waals surface area (Å²) < 4.78 is 18.8. The topological polar surface area (TPSA) is 152 Å². The van der Waals surface area contributed by atoms with Crippen molar-refractivity contribution in [3.63, 3.8) is 0 Å². The number of nitrogens with one attached hydrogen (secondary N) is 3. The summed E-state index contributed by atoms with van der Waals surface area (Å²) >= 11 is 6.49. The summed E-state index contributed by atoms with van der Waals surface area (Å²) in [6, 6.07) is 22.5. The van der Waals surface area contributed by atoms with E-state index in [0.717, 1.165) is 101 Å². The maximum Gasteiger partial charge on any atom is 0.229 e. The standard InChI is InChI=1S/C46H57ClN9O5P/c1-61-40-28-35(15-16-38(40)50-46-48-30-37(47)45(52-46)49-39-9-4-5-10-41(39)62(2,3)60)53-20-17-33(18-21-53)54-22-24-55(25-23-54)44(59)29-36-8-6-7-19-56(36)34-13-11-31(12-14-34)32-26-42(57)51-43(58)27-32/h4-5,9-16,28,30,32-33,36H,6-8,17-27,29H2,1-3H3,(H,51,57,58)(H2,48,49,50,52). The van der Waals surface area contributed by atoms with Gasteiger partial charge in [0.1, 0.15) is 17.9 Å². The normalized spacial score (nSPS) is 19.6. The minimum atomic E-state index is -2.55. The largest absolute Gasteiger partial charge is 0.494 e. The number of carbonyl (C=O) groups excluding carboxylic acids is 3. The number of halogens is 1. The van der Waals surface area contributed by atoms with Crippen molar-refractivity contribution in [2.45, 2.75) is 69.4 Å². The van der Waals surface area contributed by atoms with Gasteiger partial charge >= 0.3 is 0 Å². The molecule has 16 heteroatoms. The smallest absolute Gasteiger partial charge is 0.229 e. The monoisotopic (exact) mass is 881 g/mol. The van der Waals surface area contributed by atoms with Crippen LogP contribution in [0.25, 0.3) is 0 Å². The van der Waals surface area contributed by atoms with Crippen molar-refractivity contribution in [2.75, 3.05) is 86.7 Å². The molecule has 0 spiro atoms. The van der Waals surface area contributed by atoms with Crippen molar-refractivity contribution in [2.24, 2.45) is 0 Å². The molecule has 0 saturated carbocycles. The number of hydrogen-bond donors (Lipinski definition) is 3. The fourth-order valence-electron chi connectivity index (χ4n) is 9.45. The van der Waals surface area contributed by atoms with Crippen LogP contribution in [0.3, 0.4) is 0 Å². The van der Waals surface area contributed by atoms with Gasteiger partial charge in [-0.3, -0.25) is 24.6 Å². The number of piperidine rings is 3. The Balaban J connectivity index is 0.816. The van der Waals surface area contributed by atoms with Crippen LogP contribution in [0.15, 0.2) is 72.9 Å². The molecule has 1 atom stereocenters. The van der Waals surface area contributed by atoms with Gasteiger partial charge in [0, 0.05) is 106 Å². The summed E-state index contributed by atoms with van der Waals surface area (Å²) in [4.78, 5) is 56.1. The molecule has 4 aliphatic rings. The van der Waals surface area contributed by atoms with E-state index >= 15 is 0 Å². The maximum absolute atomic E-state index is 13.7. The van der Waals surface area contributed by atoms with Crippen molar-refractivity contribution < 1.29 is 23.7 Å². The van der Waals surface area contributed by atoms with Gasteiger partial charge in [-0.05, 0) is 87.4 Å². The third kappa shape index (κ3) is 10.2. The van der Waals surface area contributed by atoms with Gasteiger partial charge in [0.05, 0.1) is 24.7 Å². The van der Waals surface area contributed by atoms with E-state index in [-0.39, 0.29) is 29.7 Å². The molecule has 62 heavy (non-hydrogen) atoms. The van der Waals surface area contributed by atoms with Crippen LogP contribution in [0, 0.1) is 0 Å². The molecule has 4 fully saturated rings. The first kappa shape index (κ1) is 43.5. The number of benzene rings is 3. The second-order valence-electron chi connectivity index (χ2n) is 17.2. The minimum absolute atomic E-state index is 0.0888. The van der Waals surface area contributed by atoms with E-state index in [2.05, 4.69) is 63.7 Å². The highest BCUT2D eigenvalue weighted by Crippen LogP contribution is 2.39. The molecule has 3 amide bonds. The highest BCUT2D eigenvalue weighted by atomic mass is 35.5. The van der Waals surface area contributed by atoms with Crippen molar-refractivity contribution in [3.8, 4) is 5.75 Å². The minimum Gasteiger partial charge on any atom is -0.494 e. The number of imide groups is 1. The van der Waals surface area contributed by atoms with Crippen molar-refractivity contribution in [1.29, 1.82) is 0 Å². The van der Waals surface area contributed by atoms with Crippen LogP contribution in [-0.4, -0.2) is 116 Å². The SMILES string of the molecule is COc1cc(N2CCC(N3CCN(C(=O)CC4CCCCN4c4ccc(C5CC(=O)NC(=O)C5)cc4)CC3)CC2)ccc1Nc1ncc(Cl)c(Nc2ccccc2P(C)(C)=O)n1. The molecule has 3 N–H and O–H groups in total. The Morgan fingerprint density at radius 1 is 0.855 bits per heavy atom. The van der Waals surface area contributed by atoms with E-state index in [1.165, 1.54) is 6.20 Å². The lowest BCUT2D eigenvalue weighted by Crippen LogP contribution is -2.55. The Labute approximate surface area is 369 Å². The van der Waals surface area contributed by atoms with Gasteiger partial charge < -0.3 is 34.6 Å². The fourth-order valence-corrected chi connectivity index (χ4v) is 10.7. The third-order valence-corrected chi connectivity index (χ3v) is 14.6. The van der Waals surface area contributed by atoms with Crippen LogP contribution in [0.1, 0.15) is 62.8 Å². The lowest BCUT2D eigenvalue weighted by atomic mass is 9.89. The summed E-state index contributed by atoms with van der Waals surface area (Å²) in [5, 5.41) is 9.99. The molecule has 4 saturated heterocycles. The number of rotatable bonds is 12. The van der Waals surface area contributed by atoms with Gasteiger partial charge in [0.15, 0.2) is 5.82 Å². The summed E-state index contributed by atoms with van der Waals surface area (Å²) in [6.07, 6.45) is 7.98. The second kappa shape index (κ2) is 19.1. The number of aromatic nitrogens is 2. The van der Waals surface area contributed by atoms with Crippen LogP contribution in [0.4, 0.5) is 34.5 Å². The number of anilines is 6. The van der Waals surface area contributed by atoms with Crippen molar-refractivity contribution in [3.05, 3.63) is 83.5 Å². The number of hydrogen-bond acceptors (Lipinski definition) is 12. The molecule has 4 aromatic rings. The van der Waals surface area contributed by atoms with E-state index in [1.807, 2.05) is 48.5 Å². The van der Waals surface area contributed by atoms with E-state index in [9.17, 15) is 18.9 Å². The van der Waals surface area contributed by atoms with Crippen LogP contribution >= 0.6 is 18.7 Å². The van der Waals surface area contributed by atoms with Crippen LogP contribution < -0.4 is 35.8 Å². The van der Waals surface area contributed by atoms with Gasteiger partial charge in [-0.2, -0.15) is 4.98 Å². The molecule has 4 aliphatic heterocycles. The lowest BCUT2D eigenvalue weighted by molar-refractivity contribution is -0.134. The highest BCUT2D eigenvalue weighted by molar-refractivity contribution is 7.70. The van der Waals surface area contributed by atoms with Gasteiger partial charge in [0.2, 0.25) is 23.7 Å². The predicted octanol–water partition coefficient (Wildman–Crippen LogP) is 6.96. The molecular formula is C46H57ClN9O5P. The second-order valence-corrected chi connectivity index (χ2v) is 20.8. The maximum atomic E-state index is 13.7. The lowest BCUT2D eigenvalue weighted by Gasteiger charge is -2.44. The molecule has 1 aromatic heterocycles. The van der Waals surface area contributed by atoms with E-state index < -0.39 is 7.14 Å². The quantitative estimate of drug-likeness (QED) is 0.0997. The Kier molecular flexibility index (Phi) is 13.4. The van der Waals surface area contributed by atoms with Crippen LogP contribution in [0.2, 0.25) is 5.02 Å². The number of para-hydroxylation sites is 1. The fraction of sp³-hybridized carbons (Fsp3) is 0.457. The molecule has 0 aliphatic carbocycles. The number of nitrogens with zero attached hydrogens (tertiary/aromatic N) is 6. The Morgan fingerprint density at radius 3 is 2.27 bits per heavy atom. The average Bonchev–Trinajstić information content (AvgIpc) is 3.27. The van der Waals surface area contributed by atoms with Crippen LogP contribution in [0.5, 0.6) is 5.75 Å². The van der Waals surface area contributed by atoms with Gasteiger partial charge in [-0.25, -0.2) is 4.98 Å². The van der Waals surface area contributed by atoms with Gasteiger partial charge in [-0.15, -0.1) is 0 Å². The molecule has 5 heterocycles. The van der Waals surface area contributed by atoms with E-state index in [0.29, 0.717) is 58.8 Å². The zero-order chi connectivity index (χ0) is 43.4. The Hall–Kier alpha value is -5.17. The number of ether oxygens (including phenoxy) is 1. The van der Waals surface area contributed by atoms with E-state index in [1.54, 1.807) is 20.4 Å². The molecule has 0 radical (unpaired) electrons. The predicted molar refractivity (Wildman–Crippen MR) is 247 cm³/mol. The molecule has 328 valence electrons. The number of carbonyl (C=O) groups is 3. The first-order chi connectivity index (χ1) is 29.9. The van der Waals surface area contributed by atoms with Crippen molar-refractivity contribution in [1.82, 2.24) is 25.1 Å². The van der Waals surface area contributed by atoms with E-state index in [4.69, 9.17) is 16.3 Å². The number of piperazine rings is 1. The van der Waals surface area contributed by atoms with Crippen molar-refractivity contribution >= 4 is 76.3 Å². The molecule has 0 bridgehead atoms.